The third-order valence-corrected chi connectivity index (χ3v) is 4.23. The minimum Gasteiger partial charge on any atom is -0.494 e. The van der Waals surface area contributed by atoms with E-state index in [4.69, 9.17) is 9.73 Å². The first-order valence-electron chi connectivity index (χ1n) is 6.71. The van der Waals surface area contributed by atoms with Gasteiger partial charge in [-0.1, -0.05) is 32.5 Å². The number of rotatable bonds is 2. The Bertz CT molecular complexity index is 511. The predicted molar refractivity (Wildman–Crippen MR) is 84.3 cm³/mol. The Kier molecular flexibility index (Phi) is 4.58. The summed E-state index contributed by atoms with van der Waals surface area (Å²) in [5.74, 6) is 0.930. The van der Waals surface area contributed by atoms with E-state index in [9.17, 15) is 4.39 Å². The summed E-state index contributed by atoms with van der Waals surface area (Å²) < 4.78 is 18.4. The highest BCUT2D eigenvalue weighted by molar-refractivity contribution is 8.14. The van der Waals surface area contributed by atoms with Crippen LogP contribution in [0.1, 0.15) is 27.2 Å². The zero-order valence-electron chi connectivity index (χ0n) is 12.4. The summed E-state index contributed by atoms with van der Waals surface area (Å²) in [6, 6.07) is 5.06. The van der Waals surface area contributed by atoms with Gasteiger partial charge in [0.25, 0.3) is 0 Å². The molecule has 3 nitrogen and oxygen atoms in total. The van der Waals surface area contributed by atoms with E-state index >= 15 is 0 Å². The fourth-order valence-corrected chi connectivity index (χ4v) is 2.99. The van der Waals surface area contributed by atoms with Gasteiger partial charge in [0.15, 0.2) is 16.7 Å². The molecule has 0 radical (unpaired) electrons. The Balaban J connectivity index is 2.15. The van der Waals surface area contributed by atoms with E-state index in [1.54, 1.807) is 23.9 Å². The molecule has 0 fully saturated rings. The molecule has 0 aliphatic carbocycles. The summed E-state index contributed by atoms with van der Waals surface area (Å²) in [4.78, 5) is 4.76. The summed E-state index contributed by atoms with van der Waals surface area (Å²) in [5, 5.41) is 4.14. The standard InChI is InChI=1S/C15H21FN2OS/c1-15(2,3)13-7-8-20-14(18-13)17-10-5-6-11(16)12(9-10)19-4/h5-6,9,13H,7-8H2,1-4H3,(H,17,18). The van der Waals surface area contributed by atoms with E-state index in [-0.39, 0.29) is 17.0 Å². The Hall–Kier alpha value is -1.23. The normalized spacial score (nSPS) is 19.4. The molecule has 1 heterocycles. The first-order chi connectivity index (χ1) is 9.40. The topological polar surface area (TPSA) is 33.6 Å². The summed E-state index contributed by atoms with van der Waals surface area (Å²) in [6.07, 6.45) is 1.09. The van der Waals surface area contributed by atoms with Crippen LogP contribution in [0.4, 0.5) is 10.1 Å². The second-order valence-corrected chi connectivity index (χ2v) is 7.01. The Morgan fingerprint density at radius 1 is 1.40 bits per heavy atom. The van der Waals surface area contributed by atoms with Gasteiger partial charge in [0.2, 0.25) is 0 Å². The largest absolute Gasteiger partial charge is 0.494 e. The molecule has 0 saturated carbocycles. The van der Waals surface area contributed by atoms with Crippen molar-refractivity contribution >= 4 is 22.6 Å². The van der Waals surface area contributed by atoms with Gasteiger partial charge in [0.1, 0.15) is 0 Å². The highest BCUT2D eigenvalue weighted by Crippen LogP contribution is 2.31. The molecule has 0 aromatic heterocycles. The molecule has 0 saturated heterocycles. The molecule has 1 N–H and O–H groups in total. The van der Waals surface area contributed by atoms with Gasteiger partial charge in [-0.05, 0) is 24.0 Å². The van der Waals surface area contributed by atoms with Crippen LogP contribution in [0.5, 0.6) is 5.75 Å². The molecule has 1 aromatic carbocycles. The summed E-state index contributed by atoms with van der Waals surface area (Å²) in [7, 11) is 1.46. The van der Waals surface area contributed by atoms with Crippen LogP contribution in [0, 0.1) is 11.2 Å². The van der Waals surface area contributed by atoms with Gasteiger partial charge in [-0.15, -0.1) is 0 Å². The molecule has 1 unspecified atom stereocenters. The van der Waals surface area contributed by atoms with Crippen LogP contribution in [-0.4, -0.2) is 24.1 Å². The number of halogens is 1. The first-order valence-corrected chi connectivity index (χ1v) is 7.70. The summed E-state index contributed by atoms with van der Waals surface area (Å²) in [5.41, 5.74) is 0.957. The number of nitrogens with zero attached hydrogens (tertiary/aromatic N) is 1. The molecule has 20 heavy (non-hydrogen) atoms. The number of benzene rings is 1. The third kappa shape index (κ3) is 3.66. The van der Waals surface area contributed by atoms with Crippen molar-refractivity contribution in [1.29, 1.82) is 0 Å². The lowest BCUT2D eigenvalue weighted by Crippen LogP contribution is -2.30. The quantitative estimate of drug-likeness (QED) is 0.890. The predicted octanol–water partition coefficient (Wildman–Crippen LogP) is 4.15. The average molecular weight is 296 g/mol. The van der Waals surface area contributed by atoms with E-state index in [0.29, 0.717) is 6.04 Å². The van der Waals surface area contributed by atoms with Crippen LogP contribution in [0.2, 0.25) is 0 Å². The van der Waals surface area contributed by atoms with Crippen molar-refractivity contribution in [1.82, 2.24) is 0 Å². The van der Waals surface area contributed by atoms with Crippen LogP contribution in [0.25, 0.3) is 0 Å². The molecule has 0 bridgehead atoms. The smallest absolute Gasteiger partial charge is 0.165 e. The zero-order chi connectivity index (χ0) is 14.8. The van der Waals surface area contributed by atoms with Crippen molar-refractivity contribution < 1.29 is 9.13 Å². The molecule has 1 atom stereocenters. The minimum atomic E-state index is -0.358. The number of ether oxygens (including phenoxy) is 1. The first kappa shape index (κ1) is 15.2. The van der Waals surface area contributed by atoms with Gasteiger partial charge < -0.3 is 10.1 Å². The van der Waals surface area contributed by atoms with E-state index < -0.39 is 0 Å². The SMILES string of the molecule is COc1cc(NC2=NC(C(C)(C)C)CCS2)ccc1F. The summed E-state index contributed by atoms with van der Waals surface area (Å²) >= 11 is 1.70. The lowest BCUT2D eigenvalue weighted by atomic mass is 9.85. The lowest BCUT2D eigenvalue weighted by molar-refractivity contribution is 0.316. The monoisotopic (exact) mass is 296 g/mol. The minimum absolute atomic E-state index is 0.161. The number of thioether (sulfide) groups is 1. The number of aliphatic imine (C=N–C) groups is 1. The molecule has 1 aromatic rings. The number of methoxy groups -OCH3 is 1. The van der Waals surface area contributed by atoms with Crippen molar-refractivity contribution in [2.45, 2.75) is 33.2 Å². The average Bonchev–Trinajstić information content (AvgIpc) is 2.40. The number of hydrogen-bond donors (Lipinski definition) is 1. The number of hydrogen-bond acceptors (Lipinski definition) is 4. The van der Waals surface area contributed by atoms with Crippen LogP contribution >= 0.6 is 11.8 Å². The van der Waals surface area contributed by atoms with Crippen molar-refractivity contribution in [3.05, 3.63) is 24.0 Å². The number of amidine groups is 1. The molecule has 1 aliphatic heterocycles. The van der Waals surface area contributed by atoms with Gasteiger partial charge in [-0.25, -0.2) is 4.39 Å². The van der Waals surface area contributed by atoms with Crippen molar-refractivity contribution in [2.24, 2.45) is 10.4 Å². The van der Waals surface area contributed by atoms with Crippen molar-refractivity contribution in [3.63, 3.8) is 0 Å². The van der Waals surface area contributed by atoms with Gasteiger partial charge in [-0.3, -0.25) is 4.99 Å². The maximum Gasteiger partial charge on any atom is 0.165 e. The fraction of sp³-hybridized carbons (Fsp3) is 0.533. The van der Waals surface area contributed by atoms with Crippen LogP contribution < -0.4 is 10.1 Å². The molecule has 5 heteroatoms. The van der Waals surface area contributed by atoms with Crippen molar-refractivity contribution in [3.8, 4) is 5.75 Å². The Morgan fingerprint density at radius 3 is 2.80 bits per heavy atom. The lowest BCUT2D eigenvalue weighted by Gasteiger charge is -2.31. The van der Waals surface area contributed by atoms with Gasteiger partial charge in [-0.2, -0.15) is 0 Å². The van der Waals surface area contributed by atoms with Crippen molar-refractivity contribution in [2.75, 3.05) is 18.2 Å². The Labute approximate surface area is 124 Å². The van der Waals surface area contributed by atoms with Gasteiger partial charge in [0.05, 0.1) is 13.2 Å². The van der Waals surface area contributed by atoms with Gasteiger partial charge in [0, 0.05) is 17.5 Å². The van der Waals surface area contributed by atoms with Crippen LogP contribution in [0.3, 0.4) is 0 Å². The maximum absolute atomic E-state index is 13.4. The zero-order valence-corrected chi connectivity index (χ0v) is 13.2. The Morgan fingerprint density at radius 2 is 2.15 bits per heavy atom. The number of nitrogens with one attached hydrogen (secondary N) is 1. The third-order valence-electron chi connectivity index (χ3n) is 3.31. The van der Waals surface area contributed by atoms with E-state index in [0.717, 1.165) is 23.0 Å². The van der Waals surface area contributed by atoms with E-state index in [1.807, 2.05) is 0 Å². The van der Waals surface area contributed by atoms with E-state index in [2.05, 4.69) is 26.1 Å². The summed E-state index contributed by atoms with van der Waals surface area (Å²) in [6.45, 7) is 6.61. The molecule has 0 amide bonds. The fourth-order valence-electron chi connectivity index (χ4n) is 2.07. The molecule has 1 aliphatic rings. The maximum atomic E-state index is 13.4. The molecule has 0 spiro atoms. The van der Waals surface area contributed by atoms with E-state index in [1.165, 1.54) is 13.2 Å². The van der Waals surface area contributed by atoms with Crippen LogP contribution in [0.15, 0.2) is 23.2 Å². The molecule has 110 valence electrons. The second-order valence-electron chi connectivity index (χ2n) is 5.93. The molecular formula is C15H21FN2OS. The van der Waals surface area contributed by atoms with Crippen LogP contribution in [-0.2, 0) is 0 Å². The highest BCUT2D eigenvalue weighted by Gasteiger charge is 2.27. The van der Waals surface area contributed by atoms with Gasteiger partial charge >= 0.3 is 0 Å². The second kappa shape index (κ2) is 6.04. The molecule has 2 rings (SSSR count). The number of anilines is 1. The molecular weight excluding hydrogens is 275 g/mol. The highest BCUT2D eigenvalue weighted by atomic mass is 32.2.